The zero-order valence-corrected chi connectivity index (χ0v) is 9.39. The minimum atomic E-state index is -0.309. The summed E-state index contributed by atoms with van der Waals surface area (Å²) in [5.41, 5.74) is 1.30. The second kappa shape index (κ2) is 4.60. The van der Waals surface area contributed by atoms with Gasteiger partial charge >= 0.3 is 6.01 Å². The fraction of sp³-hybridized carbons (Fsp3) is 0.200. The number of nitrogens with one attached hydrogen (secondary N) is 2. The summed E-state index contributed by atoms with van der Waals surface area (Å²) in [6.07, 6.45) is 1.50. The molecule has 0 aliphatic heterocycles. The molecule has 7 heteroatoms. The van der Waals surface area contributed by atoms with Crippen molar-refractivity contribution in [2.24, 2.45) is 0 Å². The van der Waals surface area contributed by atoms with Gasteiger partial charge in [-0.1, -0.05) is 0 Å². The molecule has 0 fully saturated rings. The van der Waals surface area contributed by atoms with Crippen LogP contribution in [-0.2, 0) is 0 Å². The fourth-order valence-electron chi connectivity index (χ4n) is 1.18. The maximum Gasteiger partial charge on any atom is 0.336 e. The van der Waals surface area contributed by atoms with E-state index in [4.69, 9.17) is 4.74 Å². The van der Waals surface area contributed by atoms with Crippen molar-refractivity contribution in [1.82, 2.24) is 20.2 Å². The highest BCUT2D eigenvalue weighted by Crippen LogP contribution is 2.07. The lowest BCUT2D eigenvalue weighted by Gasteiger charge is -2.00. The van der Waals surface area contributed by atoms with Crippen LogP contribution in [0.5, 0.6) is 6.01 Å². The normalized spacial score (nSPS) is 10.0. The van der Waals surface area contributed by atoms with E-state index in [1.54, 1.807) is 12.1 Å². The van der Waals surface area contributed by atoms with Gasteiger partial charge < -0.3 is 4.74 Å². The molecule has 2 aromatic rings. The number of nitrogens with zero attached hydrogens (tertiary/aromatic N) is 3. The number of aromatic nitrogens is 4. The number of rotatable bonds is 3. The van der Waals surface area contributed by atoms with Crippen molar-refractivity contribution in [3.63, 3.8) is 0 Å². The molecule has 0 atom stereocenters. The number of H-pyrrole nitrogens is 1. The molecule has 0 bridgehead atoms. The Kier molecular flexibility index (Phi) is 2.99. The SMILES string of the molecule is COc1n[nH]c(NC(=O)c2ccc(C)nc2)n1. The first-order chi connectivity index (χ1) is 8.19. The molecule has 0 aromatic carbocycles. The van der Waals surface area contributed by atoms with Crippen LogP contribution < -0.4 is 10.1 Å². The Balaban J connectivity index is 2.08. The van der Waals surface area contributed by atoms with Crippen LogP contribution in [0.15, 0.2) is 18.3 Å². The number of ether oxygens (including phenoxy) is 1. The maximum absolute atomic E-state index is 11.7. The highest BCUT2D eigenvalue weighted by molar-refractivity contribution is 6.03. The molecule has 2 N–H and O–H groups in total. The Hall–Kier alpha value is -2.44. The lowest BCUT2D eigenvalue weighted by Crippen LogP contribution is -2.13. The third-order valence-corrected chi connectivity index (χ3v) is 2.05. The zero-order chi connectivity index (χ0) is 12.3. The molecule has 17 heavy (non-hydrogen) atoms. The van der Waals surface area contributed by atoms with E-state index in [0.717, 1.165) is 5.69 Å². The highest BCUT2D eigenvalue weighted by Gasteiger charge is 2.09. The fourth-order valence-corrected chi connectivity index (χ4v) is 1.18. The standard InChI is InChI=1S/C10H11N5O2/c1-6-3-4-7(5-11-6)8(16)12-9-13-10(17-2)15-14-9/h3-5H,1-2H3,(H2,12,13,14,15,16). The van der Waals surface area contributed by atoms with E-state index in [1.807, 2.05) is 6.92 Å². The van der Waals surface area contributed by atoms with E-state index in [0.29, 0.717) is 5.56 Å². The second-order valence-electron chi connectivity index (χ2n) is 3.31. The van der Waals surface area contributed by atoms with Gasteiger partial charge in [0.15, 0.2) is 0 Å². The van der Waals surface area contributed by atoms with Gasteiger partial charge in [-0.2, -0.15) is 4.98 Å². The molecule has 0 saturated carbocycles. The topological polar surface area (TPSA) is 92.8 Å². The van der Waals surface area contributed by atoms with Crippen molar-refractivity contribution in [3.8, 4) is 6.01 Å². The van der Waals surface area contributed by atoms with Crippen LogP contribution >= 0.6 is 0 Å². The lowest BCUT2D eigenvalue weighted by molar-refractivity contribution is 0.102. The number of carbonyl (C=O) groups is 1. The molecular formula is C10H11N5O2. The summed E-state index contributed by atoms with van der Waals surface area (Å²) in [7, 11) is 1.44. The summed E-state index contributed by atoms with van der Waals surface area (Å²) >= 11 is 0. The van der Waals surface area contributed by atoms with Crippen LogP contribution in [0, 0.1) is 6.92 Å². The summed E-state index contributed by atoms with van der Waals surface area (Å²) in [5.74, 6) is -0.0799. The predicted octanol–water partition coefficient (Wildman–Crippen LogP) is 0.769. The molecule has 0 saturated heterocycles. The minimum Gasteiger partial charge on any atom is -0.466 e. The Morgan fingerprint density at radius 1 is 1.47 bits per heavy atom. The van der Waals surface area contributed by atoms with Crippen LogP contribution in [0.2, 0.25) is 0 Å². The van der Waals surface area contributed by atoms with E-state index in [9.17, 15) is 4.79 Å². The van der Waals surface area contributed by atoms with Gasteiger partial charge in [-0.15, -0.1) is 5.10 Å². The van der Waals surface area contributed by atoms with Gasteiger partial charge in [0.25, 0.3) is 5.91 Å². The largest absolute Gasteiger partial charge is 0.466 e. The summed E-state index contributed by atoms with van der Waals surface area (Å²) in [4.78, 5) is 19.6. The van der Waals surface area contributed by atoms with Crippen LogP contribution in [0.3, 0.4) is 0 Å². The average molecular weight is 233 g/mol. The second-order valence-corrected chi connectivity index (χ2v) is 3.31. The average Bonchev–Trinajstić information content (AvgIpc) is 2.77. The molecule has 0 aliphatic carbocycles. The molecule has 0 spiro atoms. The lowest BCUT2D eigenvalue weighted by atomic mass is 10.2. The molecule has 7 nitrogen and oxygen atoms in total. The summed E-state index contributed by atoms with van der Waals surface area (Å²) in [5, 5.41) is 8.78. The molecule has 88 valence electrons. The van der Waals surface area contributed by atoms with Crippen molar-refractivity contribution < 1.29 is 9.53 Å². The molecule has 1 amide bonds. The number of aryl methyl sites for hydroxylation is 1. The number of amides is 1. The van der Waals surface area contributed by atoms with E-state index in [1.165, 1.54) is 13.3 Å². The summed E-state index contributed by atoms with van der Waals surface area (Å²) in [6, 6.07) is 3.61. The monoisotopic (exact) mass is 233 g/mol. The summed E-state index contributed by atoms with van der Waals surface area (Å²) < 4.78 is 4.78. The van der Waals surface area contributed by atoms with Gasteiger partial charge in [0.05, 0.1) is 12.7 Å². The summed E-state index contributed by atoms with van der Waals surface area (Å²) in [6.45, 7) is 1.85. The van der Waals surface area contributed by atoms with Gasteiger partial charge in [0.1, 0.15) is 0 Å². The van der Waals surface area contributed by atoms with Crippen molar-refractivity contribution in [2.45, 2.75) is 6.92 Å². The number of pyridine rings is 1. The van der Waals surface area contributed by atoms with Crippen molar-refractivity contribution >= 4 is 11.9 Å². The van der Waals surface area contributed by atoms with E-state index in [-0.39, 0.29) is 17.9 Å². The third-order valence-electron chi connectivity index (χ3n) is 2.05. The molecule has 0 aliphatic rings. The smallest absolute Gasteiger partial charge is 0.336 e. The van der Waals surface area contributed by atoms with Crippen LogP contribution in [-0.4, -0.2) is 33.2 Å². The van der Waals surface area contributed by atoms with E-state index < -0.39 is 0 Å². The first kappa shape index (κ1) is 11.1. The van der Waals surface area contributed by atoms with Gasteiger partial charge in [0.2, 0.25) is 5.95 Å². The Morgan fingerprint density at radius 2 is 2.29 bits per heavy atom. The van der Waals surface area contributed by atoms with E-state index in [2.05, 4.69) is 25.5 Å². The molecule has 2 heterocycles. The number of hydrogen-bond donors (Lipinski definition) is 2. The highest BCUT2D eigenvalue weighted by atomic mass is 16.5. The van der Waals surface area contributed by atoms with Crippen molar-refractivity contribution in [1.29, 1.82) is 0 Å². The maximum atomic E-state index is 11.7. The number of aromatic amines is 1. The molecule has 0 unspecified atom stereocenters. The van der Waals surface area contributed by atoms with Gasteiger partial charge in [-0.25, -0.2) is 5.10 Å². The van der Waals surface area contributed by atoms with Crippen LogP contribution in [0.1, 0.15) is 16.1 Å². The van der Waals surface area contributed by atoms with Crippen molar-refractivity contribution in [2.75, 3.05) is 12.4 Å². The van der Waals surface area contributed by atoms with Gasteiger partial charge in [-0.3, -0.25) is 15.1 Å². The van der Waals surface area contributed by atoms with Crippen LogP contribution in [0.4, 0.5) is 5.95 Å². The van der Waals surface area contributed by atoms with Gasteiger partial charge in [-0.05, 0) is 19.1 Å². The number of methoxy groups -OCH3 is 1. The number of anilines is 1. The van der Waals surface area contributed by atoms with Gasteiger partial charge in [0, 0.05) is 11.9 Å². The van der Waals surface area contributed by atoms with E-state index >= 15 is 0 Å². The molecule has 2 rings (SSSR count). The quantitative estimate of drug-likeness (QED) is 0.816. The number of carbonyl (C=O) groups excluding carboxylic acids is 1. The molecule has 2 aromatic heterocycles. The molecular weight excluding hydrogens is 222 g/mol. The number of hydrogen-bond acceptors (Lipinski definition) is 5. The first-order valence-corrected chi connectivity index (χ1v) is 4.89. The Morgan fingerprint density at radius 3 is 2.88 bits per heavy atom. The first-order valence-electron chi connectivity index (χ1n) is 4.89. The predicted molar refractivity (Wildman–Crippen MR) is 59.9 cm³/mol. The third kappa shape index (κ3) is 2.57. The van der Waals surface area contributed by atoms with Crippen LogP contribution in [0.25, 0.3) is 0 Å². The van der Waals surface area contributed by atoms with Crippen molar-refractivity contribution in [3.05, 3.63) is 29.6 Å². The minimum absolute atomic E-state index is 0.169. The Bertz CT molecular complexity index is 520. The zero-order valence-electron chi connectivity index (χ0n) is 9.39. The Labute approximate surface area is 97.2 Å². The molecule has 0 radical (unpaired) electrons.